The van der Waals surface area contributed by atoms with E-state index in [1.165, 1.54) is 6.42 Å². The number of hydrogen-bond donors (Lipinski definition) is 1. The number of hydrazine groups is 1. The van der Waals surface area contributed by atoms with E-state index in [4.69, 9.17) is 0 Å². The molecule has 0 bridgehead atoms. The number of carbonyl (C=O) groups excluding carboxylic acids is 1. The number of piperidine rings is 1. The predicted octanol–water partition coefficient (Wildman–Crippen LogP) is 2.45. The fourth-order valence-electron chi connectivity index (χ4n) is 1.89. The van der Waals surface area contributed by atoms with Crippen LogP contribution in [0.5, 0.6) is 0 Å². The van der Waals surface area contributed by atoms with Gasteiger partial charge in [-0.3, -0.25) is 10.2 Å². The summed E-state index contributed by atoms with van der Waals surface area (Å²) >= 11 is 3.37. The van der Waals surface area contributed by atoms with Crippen LogP contribution in [0.1, 0.15) is 47.0 Å². The van der Waals surface area contributed by atoms with Crippen LogP contribution in [0.15, 0.2) is 0 Å². The summed E-state index contributed by atoms with van der Waals surface area (Å²) in [4.78, 5) is 11.8. The molecule has 0 saturated carbocycles. The molecule has 0 aliphatic carbocycles. The van der Waals surface area contributed by atoms with Crippen molar-refractivity contribution < 1.29 is 4.79 Å². The van der Waals surface area contributed by atoms with Gasteiger partial charge in [0.1, 0.15) is 0 Å². The topological polar surface area (TPSA) is 32.3 Å². The number of rotatable bonds is 2. The highest BCUT2D eigenvalue weighted by Gasteiger charge is 2.30. The molecule has 0 spiro atoms. The Labute approximate surface area is 101 Å². The Kier molecular flexibility index (Phi) is 4.18. The van der Waals surface area contributed by atoms with Gasteiger partial charge in [-0.05, 0) is 40.5 Å². The van der Waals surface area contributed by atoms with Crippen molar-refractivity contribution in [2.75, 3.05) is 0 Å². The number of alkyl halides is 1. The molecule has 0 aromatic heterocycles. The minimum absolute atomic E-state index is 0.0306. The third-order valence-corrected chi connectivity index (χ3v) is 3.32. The molecule has 0 aromatic carbocycles. The van der Waals surface area contributed by atoms with E-state index in [1.54, 1.807) is 0 Å². The van der Waals surface area contributed by atoms with Gasteiger partial charge in [-0.15, -0.1) is 0 Å². The van der Waals surface area contributed by atoms with E-state index in [1.807, 2.05) is 13.8 Å². The van der Waals surface area contributed by atoms with Crippen molar-refractivity contribution in [3.8, 4) is 0 Å². The van der Waals surface area contributed by atoms with E-state index in [0.29, 0.717) is 12.1 Å². The van der Waals surface area contributed by atoms with Gasteiger partial charge in [0, 0.05) is 12.1 Å². The SMILES string of the molecule is CC1CCCC(C)N1NC(=O)C(C)(C)Br. The van der Waals surface area contributed by atoms with Crippen molar-refractivity contribution in [1.29, 1.82) is 0 Å². The zero-order chi connectivity index (χ0) is 11.6. The summed E-state index contributed by atoms with van der Waals surface area (Å²) in [6.45, 7) is 8.05. The van der Waals surface area contributed by atoms with Crippen molar-refractivity contribution in [3.05, 3.63) is 0 Å². The lowest BCUT2D eigenvalue weighted by Crippen LogP contribution is -2.57. The van der Waals surface area contributed by atoms with Gasteiger partial charge >= 0.3 is 0 Å². The molecule has 3 nitrogen and oxygen atoms in total. The largest absolute Gasteiger partial charge is 0.287 e. The summed E-state index contributed by atoms with van der Waals surface area (Å²) in [6, 6.07) is 0.875. The number of nitrogens with zero attached hydrogens (tertiary/aromatic N) is 1. The Morgan fingerprint density at radius 3 is 2.20 bits per heavy atom. The van der Waals surface area contributed by atoms with Crippen molar-refractivity contribution in [2.24, 2.45) is 0 Å². The monoisotopic (exact) mass is 276 g/mol. The number of halogens is 1. The number of nitrogens with one attached hydrogen (secondary N) is 1. The van der Waals surface area contributed by atoms with E-state index in [0.717, 1.165) is 12.8 Å². The van der Waals surface area contributed by atoms with Crippen LogP contribution in [-0.4, -0.2) is 27.3 Å². The maximum absolute atomic E-state index is 11.8. The Balaban J connectivity index is 2.59. The summed E-state index contributed by atoms with van der Waals surface area (Å²) in [5.74, 6) is 0.0306. The molecule has 15 heavy (non-hydrogen) atoms. The molecule has 0 aromatic rings. The normalized spacial score (nSPS) is 28.9. The third-order valence-electron chi connectivity index (χ3n) is 2.96. The minimum Gasteiger partial charge on any atom is -0.287 e. The average Bonchev–Trinajstić information content (AvgIpc) is 2.09. The molecule has 1 heterocycles. The number of hydrogen-bond acceptors (Lipinski definition) is 2. The summed E-state index contributed by atoms with van der Waals surface area (Å²) in [7, 11) is 0. The minimum atomic E-state index is -0.496. The molecule has 1 rings (SSSR count). The van der Waals surface area contributed by atoms with Crippen LogP contribution in [0.25, 0.3) is 0 Å². The predicted molar refractivity (Wildman–Crippen MR) is 65.8 cm³/mol. The molecule has 4 heteroatoms. The zero-order valence-corrected chi connectivity index (χ0v) is 11.6. The lowest BCUT2D eigenvalue weighted by atomic mass is 10.00. The standard InChI is InChI=1S/C11H21BrN2O/c1-8-6-5-7-9(2)14(8)13-10(15)11(3,4)12/h8-9H,5-7H2,1-4H3,(H,13,15). The molecule has 1 amide bonds. The summed E-state index contributed by atoms with van der Waals surface area (Å²) in [6.07, 6.45) is 3.58. The Morgan fingerprint density at radius 2 is 1.80 bits per heavy atom. The second-order valence-electron chi connectivity index (χ2n) is 4.95. The van der Waals surface area contributed by atoms with Crippen LogP contribution in [0, 0.1) is 0 Å². The van der Waals surface area contributed by atoms with E-state index in [-0.39, 0.29) is 5.91 Å². The molecule has 2 atom stereocenters. The first-order valence-electron chi connectivity index (χ1n) is 5.60. The van der Waals surface area contributed by atoms with Crippen LogP contribution in [0.2, 0.25) is 0 Å². The van der Waals surface area contributed by atoms with Crippen molar-refractivity contribution in [3.63, 3.8) is 0 Å². The van der Waals surface area contributed by atoms with Crippen molar-refractivity contribution >= 4 is 21.8 Å². The number of carbonyl (C=O) groups is 1. The highest BCUT2D eigenvalue weighted by atomic mass is 79.9. The summed E-state index contributed by atoms with van der Waals surface area (Å²) in [5.41, 5.74) is 3.01. The lowest BCUT2D eigenvalue weighted by molar-refractivity contribution is -0.130. The van der Waals surface area contributed by atoms with Crippen molar-refractivity contribution in [1.82, 2.24) is 10.4 Å². The Bertz CT molecular complexity index is 227. The molecule has 1 fully saturated rings. The molecular weight excluding hydrogens is 256 g/mol. The Hall–Kier alpha value is -0.0900. The molecule has 88 valence electrons. The van der Waals surface area contributed by atoms with E-state index in [2.05, 4.69) is 40.2 Å². The van der Waals surface area contributed by atoms with Gasteiger partial charge in [0.25, 0.3) is 5.91 Å². The highest BCUT2D eigenvalue weighted by Crippen LogP contribution is 2.22. The first-order chi connectivity index (χ1) is 6.82. The average molecular weight is 277 g/mol. The molecule has 0 radical (unpaired) electrons. The van der Waals surface area contributed by atoms with Crippen LogP contribution in [0.3, 0.4) is 0 Å². The maximum atomic E-state index is 11.8. The fourth-order valence-corrected chi connectivity index (χ4v) is 1.98. The van der Waals surface area contributed by atoms with E-state index in [9.17, 15) is 4.79 Å². The third kappa shape index (κ3) is 3.45. The van der Waals surface area contributed by atoms with Crippen LogP contribution in [-0.2, 0) is 4.79 Å². The summed E-state index contributed by atoms with van der Waals surface area (Å²) < 4.78 is -0.496. The molecule has 2 unspecified atom stereocenters. The maximum Gasteiger partial charge on any atom is 0.250 e. The van der Waals surface area contributed by atoms with Gasteiger partial charge in [-0.25, -0.2) is 5.01 Å². The summed E-state index contributed by atoms with van der Waals surface area (Å²) in [5, 5.41) is 2.09. The lowest BCUT2D eigenvalue weighted by Gasteiger charge is -2.39. The van der Waals surface area contributed by atoms with Crippen LogP contribution >= 0.6 is 15.9 Å². The quantitative estimate of drug-likeness (QED) is 0.786. The van der Waals surface area contributed by atoms with E-state index < -0.39 is 4.32 Å². The molecule has 1 N–H and O–H groups in total. The highest BCUT2D eigenvalue weighted by molar-refractivity contribution is 9.10. The second kappa shape index (κ2) is 4.83. The molecule has 1 aliphatic rings. The van der Waals surface area contributed by atoms with Gasteiger partial charge in [-0.1, -0.05) is 22.4 Å². The zero-order valence-electron chi connectivity index (χ0n) is 10.0. The van der Waals surface area contributed by atoms with Crippen LogP contribution in [0.4, 0.5) is 0 Å². The van der Waals surface area contributed by atoms with Gasteiger partial charge in [0.2, 0.25) is 0 Å². The van der Waals surface area contributed by atoms with Gasteiger partial charge < -0.3 is 0 Å². The number of amides is 1. The van der Waals surface area contributed by atoms with E-state index >= 15 is 0 Å². The molecule has 1 saturated heterocycles. The smallest absolute Gasteiger partial charge is 0.250 e. The Morgan fingerprint density at radius 1 is 1.33 bits per heavy atom. The molecule has 1 aliphatic heterocycles. The first-order valence-corrected chi connectivity index (χ1v) is 6.40. The van der Waals surface area contributed by atoms with Crippen LogP contribution < -0.4 is 5.43 Å². The second-order valence-corrected chi connectivity index (χ2v) is 6.93. The van der Waals surface area contributed by atoms with Crippen molar-refractivity contribution in [2.45, 2.75) is 63.4 Å². The van der Waals surface area contributed by atoms with Gasteiger partial charge in [0.05, 0.1) is 4.32 Å². The fraction of sp³-hybridized carbons (Fsp3) is 0.909. The molecular formula is C11H21BrN2O. The first kappa shape index (κ1) is 13.0. The van der Waals surface area contributed by atoms with Gasteiger partial charge in [0.15, 0.2) is 0 Å². The van der Waals surface area contributed by atoms with Gasteiger partial charge in [-0.2, -0.15) is 0 Å².